The molecule has 2 heterocycles. The van der Waals surface area contributed by atoms with Crippen LogP contribution in [0.4, 0.5) is 13.2 Å². The van der Waals surface area contributed by atoms with E-state index in [0.717, 1.165) is 40.8 Å². The van der Waals surface area contributed by atoms with Crippen LogP contribution in [0.25, 0.3) is 16.9 Å². The minimum atomic E-state index is -4.79. The Morgan fingerprint density at radius 3 is 2.25 bits per heavy atom. The summed E-state index contributed by atoms with van der Waals surface area (Å²) in [6, 6.07) is 18.2. The maximum absolute atomic E-state index is 13.5. The van der Waals surface area contributed by atoms with Crippen molar-refractivity contribution in [3.8, 4) is 16.9 Å². The van der Waals surface area contributed by atoms with Crippen molar-refractivity contribution in [3.63, 3.8) is 0 Å². The quantitative estimate of drug-likeness (QED) is 0.266. The standard InChI is InChI=1S/C29H29F3N6O2/c30-29(31,32)25-23(18-38(37-25)22-9-5-2-6-10-22)28(40)34-16-15-33-27(39)21-13-11-20(12-14-21)26-35-17-24(36-26)19-7-3-1-4-8-19/h1-10,17-18,20-21H,11-16H2,(H,33,39)(H,34,40)(H,35,36). The summed E-state index contributed by atoms with van der Waals surface area (Å²) in [7, 11) is 0. The molecule has 1 fully saturated rings. The Hall–Kier alpha value is -4.41. The van der Waals surface area contributed by atoms with Crippen molar-refractivity contribution >= 4 is 11.8 Å². The number of halogens is 3. The predicted octanol–water partition coefficient (Wildman–Crippen LogP) is 5.10. The van der Waals surface area contributed by atoms with Gasteiger partial charge in [0.15, 0.2) is 5.69 Å². The van der Waals surface area contributed by atoms with Crippen molar-refractivity contribution in [2.45, 2.75) is 37.8 Å². The summed E-state index contributed by atoms with van der Waals surface area (Å²) in [5, 5.41) is 8.84. The van der Waals surface area contributed by atoms with Gasteiger partial charge in [0.1, 0.15) is 5.82 Å². The summed E-state index contributed by atoms with van der Waals surface area (Å²) >= 11 is 0. The van der Waals surface area contributed by atoms with Gasteiger partial charge in [-0.05, 0) is 37.8 Å². The molecule has 0 bridgehead atoms. The summed E-state index contributed by atoms with van der Waals surface area (Å²) in [6.07, 6.45) is 1.23. The van der Waals surface area contributed by atoms with Crippen molar-refractivity contribution in [1.29, 1.82) is 0 Å². The largest absolute Gasteiger partial charge is 0.435 e. The molecule has 8 nitrogen and oxygen atoms in total. The van der Waals surface area contributed by atoms with Gasteiger partial charge in [0.25, 0.3) is 5.91 Å². The van der Waals surface area contributed by atoms with Crippen molar-refractivity contribution in [3.05, 3.63) is 90.1 Å². The molecule has 0 radical (unpaired) electrons. The molecule has 0 saturated heterocycles. The lowest BCUT2D eigenvalue weighted by Gasteiger charge is -2.26. The molecule has 40 heavy (non-hydrogen) atoms. The Morgan fingerprint density at radius 2 is 1.57 bits per heavy atom. The number of amides is 2. The van der Waals surface area contributed by atoms with Gasteiger partial charge in [-0.15, -0.1) is 0 Å². The zero-order valence-corrected chi connectivity index (χ0v) is 21.6. The van der Waals surface area contributed by atoms with Gasteiger partial charge >= 0.3 is 6.18 Å². The molecule has 11 heteroatoms. The van der Waals surface area contributed by atoms with Crippen LogP contribution in [0, 0.1) is 5.92 Å². The molecule has 1 saturated carbocycles. The summed E-state index contributed by atoms with van der Waals surface area (Å²) in [4.78, 5) is 33.3. The van der Waals surface area contributed by atoms with E-state index in [1.807, 2.05) is 36.5 Å². The molecule has 3 N–H and O–H groups in total. The van der Waals surface area contributed by atoms with E-state index in [2.05, 4.69) is 20.7 Å². The van der Waals surface area contributed by atoms with Gasteiger partial charge in [0, 0.05) is 42.9 Å². The van der Waals surface area contributed by atoms with Crippen molar-refractivity contribution in [1.82, 2.24) is 30.4 Å². The fraction of sp³-hybridized carbons (Fsp3) is 0.310. The van der Waals surface area contributed by atoms with Crippen LogP contribution in [0.1, 0.15) is 53.5 Å². The number of nitrogens with one attached hydrogen (secondary N) is 3. The van der Waals surface area contributed by atoms with Crippen molar-refractivity contribution in [2.24, 2.45) is 5.92 Å². The van der Waals surface area contributed by atoms with Crippen LogP contribution in [0.3, 0.4) is 0 Å². The smallest absolute Gasteiger partial charge is 0.354 e. The van der Waals surface area contributed by atoms with Crippen LogP contribution in [0.15, 0.2) is 73.1 Å². The highest BCUT2D eigenvalue weighted by atomic mass is 19.4. The monoisotopic (exact) mass is 550 g/mol. The lowest BCUT2D eigenvalue weighted by molar-refractivity contribution is -0.141. The molecule has 4 aromatic rings. The zero-order valence-electron chi connectivity index (χ0n) is 21.6. The van der Waals surface area contributed by atoms with Crippen molar-refractivity contribution < 1.29 is 22.8 Å². The Kier molecular flexibility index (Phi) is 7.99. The van der Waals surface area contributed by atoms with Gasteiger partial charge in [0.05, 0.1) is 16.9 Å². The summed E-state index contributed by atoms with van der Waals surface area (Å²) in [6.45, 7) is 0.0969. The number of alkyl halides is 3. The molecule has 208 valence electrons. The minimum absolute atomic E-state index is 0.0115. The van der Waals surface area contributed by atoms with E-state index in [-0.39, 0.29) is 30.8 Å². The molecule has 1 aliphatic rings. The predicted molar refractivity (Wildman–Crippen MR) is 143 cm³/mol. The highest BCUT2D eigenvalue weighted by molar-refractivity contribution is 5.95. The number of imidazole rings is 1. The van der Waals surface area contributed by atoms with Gasteiger partial charge in [-0.2, -0.15) is 18.3 Å². The number of hydrogen-bond donors (Lipinski definition) is 3. The van der Waals surface area contributed by atoms with Crippen LogP contribution in [-0.4, -0.2) is 44.7 Å². The second-order valence-corrected chi connectivity index (χ2v) is 9.80. The fourth-order valence-corrected chi connectivity index (χ4v) is 5.00. The molecule has 2 aromatic heterocycles. The summed E-state index contributed by atoms with van der Waals surface area (Å²) < 4.78 is 41.6. The number of benzene rings is 2. The highest BCUT2D eigenvalue weighted by Gasteiger charge is 2.39. The summed E-state index contributed by atoms with van der Waals surface area (Å²) in [5.41, 5.74) is 0.506. The number of carbonyl (C=O) groups is 2. The molecule has 0 aliphatic heterocycles. The number of carbonyl (C=O) groups excluding carboxylic acids is 2. The third-order valence-electron chi connectivity index (χ3n) is 7.11. The van der Waals surface area contributed by atoms with Crippen LogP contribution in [-0.2, 0) is 11.0 Å². The number of para-hydroxylation sites is 1. The number of aromatic nitrogens is 4. The number of nitrogens with zero attached hydrogens (tertiary/aromatic N) is 3. The van der Waals surface area contributed by atoms with Crippen molar-refractivity contribution in [2.75, 3.05) is 13.1 Å². The molecule has 5 rings (SSSR count). The first-order valence-corrected chi connectivity index (χ1v) is 13.2. The zero-order chi connectivity index (χ0) is 28.1. The molecule has 0 spiro atoms. The Bertz CT molecular complexity index is 1440. The SMILES string of the molecule is O=C(NCCNC(=O)C1CCC(c2nc(-c3ccccc3)c[nH]2)CC1)c1cn(-c2ccccc2)nc1C(F)(F)F. The topological polar surface area (TPSA) is 105 Å². The van der Waals surface area contributed by atoms with E-state index in [0.29, 0.717) is 18.5 Å². The normalized spacial score (nSPS) is 17.4. The lowest BCUT2D eigenvalue weighted by Crippen LogP contribution is -2.38. The van der Waals surface area contributed by atoms with Gasteiger partial charge in [-0.1, -0.05) is 48.5 Å². The number of rotatable bonds is 8. The molecule has 2 amide bonds. The first kappa shape index (κ1) is 27.2. The first-order valence-electron chi connectivity index (χ1n) is 13.2. The van der Waals surface area contributed by atoms with Gasteiger partial charge in [-0.3, -0.25) is 9.59 Å². The molecule has 2 aromatic carbocycles. The molecule has 1 aliphatic carbocycles. The van der Waals surface area contributed by atoms with E-state index in [4.69, 9.17) is 4.98 Å². The number of aromatic amines is 1. The second-order valence-electron chi connectivity index (χ2n) is 9.80. The first-order chi connectivity index (χ1) is 19.3. The molecular weight excluding hydrogens is 521 g/mol. The minimum Gasteiger partial charge on any atom is -0.354 e. The lowest BCUT2D eigenvalue weighted by atomic mass is 9.81. The number of hydrogen-bond acceptors (Lipinski definition) is 4. The highest BCUT2D eigenvalue weighted by Crippen LogP contribution is 2.35. The Morgan fingerprint density at radius 1 is 0.925 bits per heavy atom. The fourth-order valence-electron chi connectivity index (χ4n) is 5.00. The molecule has 0 atom stereocenters. The van der Waals surface area contributed by atoms with Crippen LogP contribution in [0.2, 0.25) is 0 Å². The average Bonchev–Trinajstić information content (AvgIpc) is 3.65. The van der Waals surface area contributed by atoms with E-state index in [9.17, 15) is 22.8 Å². The maximum Gasteiger partial charge on any atom is 0.435 e. The van der Waals surface area contributed by atoms with Gasteiger partial charge in [-0.25, -0.2) is 9.67 Å². The van der Waals surface area contributed by atoms with E-state index in [1.54, 1.807) is 30.3 Å². The van der Waals surface area contributed by atoms with Gasteiger partial charge < -0.3 is 15.6 Å². The second kappa shape index (κ2) is 11.8. The third kappa shape index (κ3) is 6.24. The van der Waals surface area contributed by atoms with Crippen LogP contribution >= 0.6 is 0 Å². The molecule has 0 unspecified atom stereocenters. The van der Waals surface area contributed by atoms with E-state index >= 15 is 0 Å². The van der Waals surface area contributed by atoms with Crippen LogP contribution in [0.5, 0.6) is 0 Å². The summed E-state index contributed by atoms with van der Waals surface area (Å²) in [5.74, 6) is -0.00584. The average molecular weight is 551 g/mol. The maximum atomic E-state index is 13.5. The van der Waals surface area contributed by atoms with Gasteiger partial charge in [0.2, 0.25) is 5.91 Å². The van der Waals surface area contributed by atoms with E-state index < -0.39 is 23.3 Å². The Balaban J connectivity index is 1.09. The Labute approximate surface area is 229 Å². The third-order valence-corrected chi connectivity index (χ3v) is 7.11. The molecular formula is C29H29F3N6O2. The van der Waals surface area contributed by atoms with E-state index in [1.165, 1.54) is 0 Å². The van der Waals surface area contributed by atoms with Crippen LogP contribution < -0.4 is 10.6 Å². The number of H-pyrrole nitrogens is 1.